The Kier molecular flexibility index (Phi) is 7.55. The summed E-state index contributed by atoms with van der Waals surface area (Å²) < 4.78 is 5.66. The number of allylic oxidation sites excluding steroid dienone is 1. The molecule has 0 atom stereocenters. The maximum atomic E-state index is 5.66. The minimum Gasteiger partial charge on any atom is -0.376 e. The highest BCUT2D eigenvalue weighted by molar-refractivity contribution is 5.25. The largest absolute Gasteiger partial charge is 0.376 e. The molecule has 0 radical (unpaired) electrons. The van der Waals surface area contributed by atoms with Crippen molar-refractivity contribution in [1.82, 2.24) is 0 Å². The topological polar surface area (TPSA) is 9.23 Å². The standard InChI is InChI=1S/C25H36O/c1-3-5-18-26-19-21-8-12-23(13-9-21)25-16-14-24(15-17-25)22-10-6-20(4-2)7-11-22/h3-4,8-9,12-13,20,22,24-25H,1-2,5-7,10-11,14-19H2. The monoisotopic (exact) mass is 352 g/mol. The van der Waals surface area contributed by atoms with Crippen molar-refractivity contribution in [2.24, 2.45) is 17.8 Å². The van der Waals surface area contributed by atoms with Crippen molar-refractivity contribution in [3.63, 3.8) is 0 Å². The maximum Gasteiger partial charge on any atom is 0.0717 e. The van der Waals surface area contributed by atoms with E-state index >= 15 is 0 Å². The van der Waals surface area contributed by atoms with Crippen LogP contribution in [-0.2, 0) is 11.3 Å². The molecular formula is C25H36O. The summed E-state index contributed by atoms with van der Waals surface area (Å²) in [5.41, 5.74) is 2.82. The molecule has 3 rings (SSSR count). The number of hydrogen-bond donors (Lipinski definition) is 0. The SMILES string of the molecule is C=CCCOCc1ccc(C2CCC(C3CCC(C=C)CC3)CC2)cc1. The molecule has 1 nitrogen and oxygen atoms in total. The molecule has 142 valence electrons. The van der Waals surface area contributed by atoms with Crippen molar-refractivity contribution in [3.8, 4) is 0 Å². The van der Waals surface area contributed by atoms with Crippen molar-refractivity contribution in [3.05, 3.63) is 60.7 Å². The van der Waals surface area contributed by atoms with Gasteiger partial charge in [-0.15, -0.1) is 13.2 Å². The van der Waals surface area contributed by atoms with Crippen LogP contribution in [0.1, 0.15) is 74.8 Å². The van der Waals surface area contributed by atoms with E-state index in [4.69, 9.17) is 4.74 Å². The number of benzene rings is 1. The zero-order valence-electron chi connectivity index (χ0n) is 16.4. The van der Waals surface area contributed by atoms with Gasteiger partial charge in [0.2, 0.25) is 0 Å². The summed E-state index contributed by atoms with van der Waals surface area (Å²) >= 11 is 0. The second kappa shape index (κ2) is 10.1. The van der Waals surface area contributed by atoms with Gasteiger partial charge >= 0.3 is 0 Å². The van der Waals surface area contributed by atoms with Gasteiger partial charge in [-0.3, -0.25) is 0 Å². The lowest BCUT2D eigenvalue weighted by Crippen LogP contribution is -2.25. The molecule has 1 aromatic rings. The van der Waals surface area contributed by atoms with E-state index in [2.05, 4.69) is 43.5 Å². The summed E-state index contributed by atoms with van der Waals surface area (Å²) in [6, 6.07) is 9.19. The third-order valence-electron chi connectivity index (χ3n) is 6.77. The predicted octanol–water partition coefficient (Wildman–Crippen LogP) is 7.05. The van der Waals surface area contributed by atoms with Crippen molar-refractivity contribution in [2.45, 2.75) is 70.3 Å². The van der Waals surface area contributed by atoms with Gasteiger partial charge in [0.15, 0.2) is 0 Å². The molecule has 0 saturated heterocycles. The fourth-order valence-electron chi connectivity index (χ4n) is 5.02. The van der Waals surface area contributed by atoms with Crippen molar-refractivity contribution in [1.29, 1.82) is 0 Å². The highest BCUT2D eigenvalue weighted by Gasteiger charge is 2.30. The normalized spacial score (nSPS) is 29.2. The van der Waals surface area contributed by atoms with E-state index in [-0.39, 0.29) is 0 Å². The van der Waals surface area contributed by atoms with Crippen molar-refractivity contribution in [2.75, 3.05) is 6.61 Å². The second-order valence-corrected chi connectivity index (χ2v) is 8.39. The van der Waals surface area contributed by atoms with Crippen LogP contribution in [0.5, 0.6) is 0 Å². The van der Waals surface area contributed by atoms with E-state index in [0.29, 0.717) is 6.61 Å². The second-order valence-electron chi connectivity index (χ2n) is 8.39. The number of ether oxygens (including phenoxy) is 1. The summed E-state index contributed by atoms with van der Waals surface area (Å²) in [6.45, 7) is 9.20. The Labute approximate surface area is 160 Å². The van der Waals surface area contributed by atoms with Gasteiger partial charge in [0.25, 0.3) is 0 Å². The molecule has 0 bridgehead atoms. The number of rotatable bonds is 8. The molecule has 0 aromatic heterocycles. The fourth-order valence-corrected chi connectivity index (χ4v) is 5.02. The molecule has 1 heteroatoms. The quantitative estimate of drug-likeness (QED) is 0.360. The summed E-state index contributed by atoms with van der Waals surface area (Å²) in [5, 5.41) is 0. The van der Waals surface area contributed by atoms with Crippen LogP contribution in [0.15, 0.2) is 49.6 Å². The first-order chi connectivity index (χ1) is 12.8. The van der Waals surface area contributed by atoms with Crippen LogP contribution in [0.4, 0.5) is 0 Å². The minimum atomic E-state index is 0.717. The minimum absolute atomic E-state index is 0.717. The van der Waals surface area contributed by atoms with Gasteiger partial charge in [-0.25, -0.2) is 0 Å². The van der Waals surface area contributed by atoms with E-state index in [1.54, 1.807) is 0 Å². The lowest BCUT2D eigenvalue weighted by atomic mass is 9.68. The molecule has 0 aliphatic heterocycles. The lowest BCUT2D eigenvalue weighted by molar-refractivity contribution is 0.125. The first-order valence-corrected chi connectivity index (χ1v) is 10.7. The first kappa shape index (κ1) is 19.4. The Morgan fingerprint density at radius 2 is 1.46 bits per heavy atom. The van der Waals surface area contributed by atoms with E-state index in [0.717, 1.165) is 36.7 Å². The van der Waals surface area contributed by atoms with Gasteiger partial charge in [0, 0.05) is 0 Å². The van der Waals surface area contributed by atoms with Gasteiger partial charge in [0.1, 0.15) is 0 Å². The fraction of sp³-hybridized carbons (Fsp3) is 0.600. The zero-order valence-corrected chi connectivity index (χ0v) is 16.4. The number of hydrogen-bond acceptors (Lipinski definition) is 1. The molecule has 0 spiro atoms. The lowest BCUT2D eigenvalue weighted by Gasteiger charge is -2.37. The highest BCUT2D eigenvalue weighted by Crippen LogP contribution is 2.44. The van der Waals surface area contributed by atoms with Crippen LogP contribution >= 0.6 is 0 Å². The Morgan fingerprint density at radius 1 is 0.846 bits per heavy atom. The van der Waals surface area contributed by atoms with Crippen LogP contribution in [-0.4, -0.2) is 6.61 Å². The molecule has 2 saturated carbocycles. The third-order valence-corrected chi connectivity index (χ3v) is 6.77. The molecule has 0 N–H and O–H groups in total. The molecule has 0 unspecified atom stereocenters. The van der Waals surface area contributed by atoms with Crippen molar-refractivity contribution >= 4 is 0 Å². The van der Waals surface area contributed by atoms with E-state index < -0.39 is 0 Å². The Hall–Kier alpha value is -1.34. The molecule has 26 heavy (non-hydrogen) atoms. The average molecular weight is 353 g/mol. The third kappa shape index (κ3) is 5.33. The van der Waals surface area contributed by atoms with E-state index in [1.165, 1.54) is 62.5 Å². The van der Waals surface area contributed by atoms with Crippen LogP contribution in [0, 0.1) is 17.8 Å². The molecule has 0 heterocycles. The predicted molar refractivity (Wildman–Crippen MR) is 111 cm³/mol. The Morgan fingerprint density at radius 3 is 2.04 bits per heavy atom. The smallest absolute Gasteiger partial charge is 0.0717 e. The summed E-state index contributed by atoms with van der Waals surface area (Å²) in [6.07, 6.45) is 16.3. The molecule has 2 fully saturated rings. The molecule has 2 aliphatic rings. The van der Waals surface area contributed by atoms with Crippen molar-refractivity contribution < 1.29 is 4.74 Å². The maximum absolute atomic E-state index is 5.66. The molecular weight excluding hydrogens is 316 g/mol. The average Bonchev–Trinajstić information content (AvgIpc) is 2.72. The first-order valence-electron chi connectivity index (χ1n) is 10.7. The highest BCUT2D eigenvalue weighted by atomic mass is 16.5. The summed E-state index contributed by atoms with van der Waals surface area (Å²) in [7, 11) is 0. The summed E-state index contributed by atoms with van der Waals surface area (Å²) in [4.78, 5) is 0. The van der Waals surface area contributed by atoms with Crippen LogP contribution < -0.4 is 0 Å². The molecule has 2 aliphatic carbocycles. The van der Waals surface area contributed by atoms with Gasteiger partial charge in [0.05, 0.1) is 13.2 Å². The molecule has 0 amide bonds. The Balaban J connectivity index is 1.43. The van der Waals surface area contributed by atoms with Gasteiger partial charge in [-0.2, -0.15) is 0 Å². The Bertz CT molecular complexity index is 542. The zero-order chi connectivity index (χ0) is 18.2. The van der Waals surface area contributed by atoms with E-state index in [9.17, 15) is 0 Å². The van der Waals surface area contributed by atoms with Gasteiger partial charge < -0.3 is 4.74 Å². The van der Waals surface area contributed by atoms with Gasteiger partial charge in [-0.1, -0.05) is 36.4 Å². The van der Waals surface area contributed by atoms with E-state index in [1.807, 2.05) is 6.08 Å². The van der Waals surface area contributed by atoms with Crippen LogP contribution in [0.2, 0.25) is 0 Å². The van der Waals surface area contributed by atoms with Gasteiger partial charge in [-0.05, 0) is 92.6 Å². The summed E-state index contributed by atoms with van der Waals surface area (Å²) in [5.74, 6) is 3.53. The van der Waals surface area contributed by atoms with Crippen LogP contribution in [0.3, 0.4) is 0 Å². The molecule has 1 aromatic carbocycles. The van der Waals surface area contributed by atoms with Crippen LogP contribution in [0.25, 0.3) is 0 Å².